The van der Waals surface area contributed by atoms with Crippen molar-refractivity contribution in [2.75, 3.05) is 13.2 Å². The predicted octanol–water partition coefficient (Wildman–Crippen LogP) is 4.42. The Morgan fingerprint density at radius 1 is 1.00 bits per heavy atom. The van der Waals surface area contributed by atoms with Gasteiger partial charge in [-0.2, -0.15) is 0 Å². The first-order valence-electron chi connectivity index (χ1n) is 8.10. The Hall–Kier alpha value is -0.610. The second-order valence-corrected chi connectivity index (χ2v) is 5.41. The van der Waals surface area contributed by atoms with E-state index in [1.54, 1.807) is 0 Å². The Labute approximate surface area is 124 Å². The molecule has 20 heavy (non-hydrogen) atoms. The number of rotatable bonds is 8. The zero-order chi connectivity index (χ0) is 15.1. The minimum atomic E-state index is -0.0458. The summed E-state index contributed by atoms with van der Waals surface area (Å²) in [6.45, 7) is 7.54. The Morgan fingerprint density at radius 3 is 2.00 bits per heavy atom. The average Bonchev–Trinajstić information content (AvgIpc) is 2.44. The van der Waals surface area contributed by atoms with Crippen LogP contribution in [-0.4, -0.2) is 25.3 Å². The number of esters is 1. The summed E-state index contributed by atoms with van der Waals surface area (Å²) in [4.78, 5) is 20.3. The molecule has 0 saturated carbocycles. The van der Waals surface area contributed by atoms with Crippen molar-refractivity contribution in [3.8, 4) is 0 Å². The van der Waals surface area contributed by atoms with Crippen LogP contribution in [0.4, 0.5) is 0 Å². The first-order valence-corrected chi connectivity index (χ1v) is 8.10. The lowest BCUT2D eigenvalue weighted by Gasteiger charge is -2.07. The molecular formula is C16H32O4. The van der Waals surface area contributed by atoms with E-state index in [1.807, 2.05) is 13.8 Å². The first kappa shape index (κ1) is 19.4. The predicted molar refractivity (Wildman–Crippen MR) is 80.4 cm³/mol. The maximum atomic E-state index is 11.1. The van der Waals surface area contributed by atoms with Gasteiger partial charge in [0.15, 0.2) is 0 Å². The summed E-state index contributed by atoms with van der Waals surface area (Å²) in [5.41, 5.74) is 0. The van der Waals surface area contributed by atoms with Crippen LogP contribution in [0.15, 0.2) is 0 Å². The van der Waals surface area contributed by atoms with Crippen LogP contribution in [-0.2, 0) is 19.3 Å². The second-order valence-electron chi connectivity index (χ2n) is 5.41. The zero-order valence-electron chi connectivity index (χ0n) is 13.5. The van der Waals surface area contributed by atoms with Crippen molar-refractivity contribution in [3.05, 3.63) is 0 Å². The van der Waals surface area contributed by atoms with Gasteiger partial charge >= 0.3 is 5.97 Å². The monoisotopic (exact) mass is 288 g/mol. The second kappa shape index (κ2) is 14.8. The summed E-state index contributed by atoms with van der Waals surface area (Å²) in [5, 5.41) is 0. The van der Waals surface area contributed by atoms with E-state index < -0.39 is 0 Å². The molecule has 0 amide bonds. The highest BCUT2D eigenvalue weighted by Gasteiger charge is 2.04. The summed E-state index contributed by atoms with van der Waals surface area (Å²) in [7, 11) is 0. The molecule has 120 valence electrons. The van der Waals surface area contributed by atoms with E-state index in [0.717, 1.165) is 38.9 Å². The van der Waals surface area contributed by atoms with Crippen LogP contribution in [0.2, 0.25) is 0 Å². The minimum Gasteiger partial charge on any atom is -0.463 e. The van der Waals surface area contributed by atoms with E-state index in [0.29, 0.717) is 6.42 Å². The minimum absolute atomic E-state index is 0.0302. The third-order valence-corrected chi connectivity index (χ3v) is 2.89. The smallest absolute Gasteiger partial charge is 0.306 e. The van der Waals surface area contributed by atoms with Gasteiger partial charge in [-0.1, -0.05) is 39.0 Å². The van der Waals surface area contributed by atoms with Crippen molar-refractivity contribution in [2.45, 2.75) is 84.7 Å². The molecule has 0 aromatic heterocycles. The number of unbranched alkanes of at least 4 members (excludes halogenated alkanes) is 5. The lowest BCUT2D eigenvalue weighted by molar-refractivity contribution is -0.312. The summed E-state index contributed by atoms with van der Waals surface area (Å²) in [5.74, 6) is -0.0458. The molecule has 0 atom stereocenters. The molecule has 0 aromatic rings. The quantitative estimate of drug-likeness (QED) is 0.377. The Balaban J connectivity index is 0.000000493. The summed E-state index contributed by atoms with van der Waals surface area (Å²) < 4.78 is 5.04. The van der Waals surface area contributed by atoms with Crippen LogP contribution < -0.4 is 0 Å². The molecule has 1 aliphatic heterocycles. The third-order valence-electron chi connectivity index (χ3n) is 2.89. The SMILES string of the molecule is C1CCOOC1.CCCCCCCCC(=O)OC(C)C. The van der Waals surface area contributed by atoms with Gasteiger partial charge in [0.05, 0.1) is 19.3 Å². The fourth-order valence-corrected chi connectivity index (χ4v) is 1.81. The van der Waals surface area contributed by atoms with Crippen molar-refractivity contribution in [2.24, 2.45) is 0 Å². The highest BCUT2D eigenvalue weighted by Crippen LogP contribution is 2.07. The molecule has 1 rings (SSSR count). The van der Waals surface area contributed by atoms with E-state index in [4.69, 9.17) is 4.74 Å². The zero-order valence-corrected chi connectivity index (χ0v) is 13.5. The number of ether oxygens (including phenoxy) is 1. The fourth-order valence-electron chi connectivity index (χ4n) is 1.81. The van der Waals surface area contributed by atoms with Gasteiger partial charge in [0.2, 0.25) is 0 Å². The van der Waals surface area contributed by atoms with Gasteiger partial charge in [0.25, 0.3) is 0 Å². The largest absolute Gasteiger partial charge is 0.463 e. The maximum absolute atomic E-state index is 11.1. The molecule has 1 fully saturated rings. The van der Waals surface area contributed by atoms with Crippen molar-refractivity contribution in [1.82, 2.24) is 0 Å². The fraction of sp³-hybridized carbons (Fsp3) is 0.938. The van der Waals surface area contributed by atoms with E-state index in [1.165, 1.54) is 25.7 Å². The van der Waals surface area contributed by atoms with Crippen LogP contribution >= 0.6 is 0 Å². The van der Waals surface area contributed by atoms with Crippen LogP contribution in [0.3, 0.4) is 0 Å². The Kier molecular flexibility index (Phi) is 14.3. The Bertz CT molecular complexity index is 201. The van der Waals surface area contributed by atoms with E-state index >= 15 is 0 Å². The highest BCUT2D eigenvalue weighted by atomic mass is 17.2. The molecule has 4 heteroatoms. The number of hydrogen-bond acceptors (Lipinski definition) is 4. The van der Waals surface area contributed by atoms with Gasteiger partial charge in [0.1, 0.15) is 0 Å². The molecule has 0 aromatic carbocycles. The molecule has 4 nitrogen and oxygen atoms in total. The molecular weight excluding hydrogens is 256 g/mol. The Morgan fingerprint density at radius 2 is 1.55 bits per heavy atom. The lowest BCUT2D eigenvalue weighted by atomic mass is 10.1. The molecule has 1 saturated heterocycles. The first-order chi connectivity index (χ1) is 9.66. The van der Waals surface area contributed by atoms with Gasteiger partial charge in [-0.3, -0.25) is 4.79 Å². The normalized spacial score (nSPS) is 14.6. The van der Waals surface area contributed by atoms with Gasteiger partial charge < -0.3 is 4.74 Å². The number of hydrogen-bond donors (Lipinski definition) is 0. The van der Waals surface area contributed by atoms with Crippen LogP contribution in [0, 0.1) is 0 Å². The van der Waals surface area contributed by atoms with E-state index in [2.05, 4.69) is 16.7 Å². The topological polar surface area (TPSA) is 44.8 Å². The standard InChI is InChI=1S/C12H24O2.C4H8O2/c1-4-5-6-7-8-9-10-12(13)14-11(2)3;1-2-4-6-5-3-1/h11H,4-10H2,1-3H3;1-4H2. The molecule has 1 heterocycles. The van der Waals surface area contributed by atoms with Crippen LogP contribution in [0.1, 0.15) is 78.6 Å². The number of carbonyl (C=O) groups excluding carboxylic acids is 1. The van der Waals surface area contributed by atoms with Crippen molar-refractivity contribution < 1.29 is 19.3 Å². The average molecular weight is 288 g/mol. The maximum Gasteiger partial charge on any atom is 0.306 e. The number of carbonyl (C=O) groups is 1. The molecule has 0 aliphatic carbocycles. The summed E-state index contributed by atoms with van der Waals surface area (Å²) >= 11 is 0. The molecule has 0 unspecified atom stereocenters. The summed E-state index contributed by atoms with van der Waals surface area (Å²) in [6, 6.07) is 0. The van der Waals surface area contributed by atoms with E-state index in [9.17, 15) is 4.79 Å². The van der Waals surface area contributed by atoms with Gasteiger partial charge in [-0.15, -0.1) is 0 Å². The van der Waals surface area contributed by atoms with E-state index in [-0.39, 0.29) is 12.1 Å². The molecule has 0 radical (unpaired) electrons. The summed E-state index contributed by atoms with van der Waals surface area (Å²) in [6.07, 6.45) is 10.2. The van der Waals surface area contributed by atoms with Crippen molar-refractivity contribution >= 4 is 5.97 Å². The molecule has 0 spiro atoms. The third kappa shape index (κ3) is 15.4. The van der Waals surface area contributed by atoms with Crippen LogP contribution in [0.25, 0.3) is 0 Å². The molecule has 0 bridgehead atoms. The highest BCUT2D eigenvalue weighted by molar-refractivity contribution is 5.69. The molecule has 1 aliphatic rings. The van der Waals surface area contributed by atoms with Gasteiger partial charge in [-0.05, 0) is 33.1 Å². The molecule has 0 N–H and O–H groups in total. The van der Waals surface area contributed by atoms with Crippen molar-refractivity contribution in [3.63, 3.8) is 0 Å². The lowest BCUT2D eigenvalue weighted by Crippen LogP contribution is -2.10. The van der Waals surface area contributed by atoms with Gasteiger partial charge in [0, 0.05) is 6.42 Å². The van der Waals surface area contributed by atoms with Crippen LogP contribution in [0.5, 0.6) is 0 Å². The van der Waals surface area contributed by atoms with Crippen molar-refractivity contribution in [1.29, 1.82) is 0 Å². The van der Waals surface area contributed by atoms with Gasteiger partial charge in [-0.25, -0.2) is 9.78 Å².